The minimum absolute atomic E-state index is 0.112. The molecule has 1 amide bonds. The SMILES string of the molecule is Cc1nc(C=CC(=O)N2CCN(c3cccc(C(F)(F)F)c3)CC2)cs1. The zero-order valence-corrected chi connectivity index (χ0v) is 15.0. The number of nitrogens with zero attached hydrogens (tertiary/aromatic N) is 3. The molecular formula is C18H18F3N3OS. The van der Waals surface area contributed by atoms with Crippen LogP contribution in [0, 0.1) is 6.92 Å². The molecule has 0 saturated carbocycles. The van der Waals surface area contributed by atoms with Crippen LogP contribution in [0.4, 0.5) is 18.9 Å². The van der Waals surface area contributed by atoms with Gasteiger partial charge in [0.05, 0.1) is 16.3 Å². The van der Waals surface area contributed by atoms with Crippen molar-refractivity contribution in [2.75, 3.05) is 31.1 Å². The summed E-state index contributed by atoms with van der Waals surface area (Å²) < 4.78 is 38.5. The lowest BCUT2D eigenvalue weighted by Gasteiger charge is -2.35. The van der Waals surface area contributed by atoms with Gasteiger partial charge in [-0.05, 0) is 31.2 Å². The Labute approximate surface area is 153 Å². The summed E-state index contributed by atoms with van der Waals surface area (Å²) in [4.78, 5) is 20.1. The van der Waals surface area contributed by atoms with Crippen LogP contribution in [0.3, 0.4) is 0 Å². The molecule has 1 aromatic carbocycles. The zero-order valence-electron chi connectivity index (χ0n) is 14.2. The van der Waals surface area contributed by atoms with E-state index in [1.165, 1.54) is 23.5 Å². The van der Waals surface area contributed by atoms with Crippen LogP contribution < -0.4 is 4.90 Å². The van der Waals surface area contributed by atoms with Gasteiger partial charge in [0.25, 0.3) is 0 Å². The number of alkyl halides is 3. The van der Waals surface area contributed by atoms with Gasteiger partial charge in [-0.1, -0.05) is 6.07 Å². The van der Waals surface area contributed by atoms with E-state index in [1.54, 1.807) is 17.0 Å². The van der Waals surface area contributed by atoms with Crippen LogP contribution in [0.5, 0.6) is 0 Å². The maximum Gasteiger partial charge on any atom is 0.416 e. The summed E-state index contributed by atoms with van der Waals surface area (Å²) in [5, 5.41) is 2.82. The lowest BCUT2D eigenvalue weighted by atomic mass is 10.1. The number of aryl methyl sites for hydroxylation is 1. The van der Waals surface area contributed by atoms with E-state index < -0.39 is 11.7 Å². The number of piperazine rings is 1. The molecule has 1 aromatic heterocycles. The standard InChI is InChI=1S/C18H18F3N3OS/c1-13-22-15(12-26-13)5-6-17(25)24-9-7-23(8-10-24)16-4-2-3-14(11-16)18(19,20)21/h2-6,11-12H,7-10H2,1H3. The second-order valence-corrected chi connectivity index (χ2v) is 7.05. The van der Waals surface area contributed by atoms with Gasteiger partial charge in [0.15, 0.2) is 0 Å². The molecule has 0 N–H and O–H groups in total. The van der Waals surface area contributed by atoms with Gasteiger partial charge in [-0.25, -0.2) is 4.98 Å². The number of carbonyl (C=O) groups excluding carboxylic acids is 1. The van der Waals surface area contributed by atoms with Crippen molar-refractivity contribution >= 4 is 29.0 Å². The predicted octanol–water partition coefficient (Wildman–Crippen LogP) is 3.83. The van der Waals surface area contributed by atoms with Crippen molar-refractivity contribution in [1.29, 1.82) is 0 Å². The Bertz CT molecular complexity index is 808. The van der Waals surface area contributed by atoms with Crippen molar-refractivity contribution in [3.63, 3.8) is 0 Å². The van der Waals surface area contributed by atoms with Crippen LogP contribution >= 0.6 is 11.3 Å². The molecule has 0 aliphatic carbocycles. The highest BCUT2D eigenvalue weighted by Crippen LogP contribution is 2.31. The minimum atomic E-state index is -4.35. The maximum absolute atomic E-state index is 12.8. The average Bonchev–Trinajstić information content (AvgIpc) is 3.04. The van der Waals surface area contributed by atoms with Crippen LogP contribution in [0.2, 0.25) is 0 Å². The smallest absolute Gasteiger partial charge is 0.368 e. The maximum atomic E-state index is 12.8. The van der Waals surface area contributed by atoms with Crippen molar-refractivity contribution in [2.24, 2.45) is 0 Å². The van der Waals surface area contributed by atoms with Gasteiger partial charge in [0.1, 0.15) is 0 Å². The van der Waals surface area contributed by atoms with E-state index in [2.05, 4.69) is 4.98 Å². The van der Waals surface area contributed by atoms with Gasteiger partial charge in [0.2, 0.25) is 5.91 Å². The Morgan fingerprint density at radius 3 is 2.58 bits per heavy atom. The second-order valence-electron chi connectivity index (χ2n) is 5.99. The van der Waals surface area contributed by atoms with E-state index in [4.69, 9.17) is 0 Å². The Morgan fingerprint density at radius 2 is 1.96 bits per heavy atom. The highest BCUT2D eigenvalue weighted by molar-refractivity contribution is 7.09. The molecule has 0 spiro atoms. The number of amides is 1. The molecule has 138 valence electrons. The number of aromatic nitrogens is 1. The van der Waals surface area contributed by atoms with Crippen molar-refractivity contribution in [3.8, 4) is 0 Å². The summed E-state index contributed by atoms with van der Waals surface area (Å²) in [5.41, 5.74) is 0.624. The molecule has 1 aliphatic rings. The number of hydrogen-bond donors (Lipinski definition) is 0. The molecule has 0 bridgehead atoms. The topological polar surface area (TPSA) is 36.4 Å². The fourth-order valence-corrected chi connectivity index (χ4v) is 3.36. The number of benzene rings is 1. The van der Waals surface area contributed by atoms with E-state index in [9.17, 15) is 18.0 Å². The van der Waals surface area contributed by atoms with Crippen LogP contribution in [-0.4, -0.2) is 42.0 Å². The molecule has 1 saturated heterocycles. The molecule has 0 radical (unpaired) electrons. The monoisotopic (exact) mass is 381 g/mol. The first-order chi connectivity index (χ1) is 12.3. The predicted molar refractivity (Wildman–Crippen MR) is 96.1 cm³/mol. The van der Waals surface area contributed by atoms with Gasteiger partial charge >= 0.3 is 6.18 Å². The Hall–Kier alpha value is -2.35. The number of carbonyl (C=O) groups is 1. The molecule has 26 heavy (non-hydrogen) atoms. The third kappa shape index (κ3) is 4.43. The lowest BCUT2D eigenvalue weighted by molar-refractivity contribution is -0.137. The van der Waals surface area contributed by atoms with Gasteiger partial charge < -0.3 is 9.80 Å². The summed E-state index contributed by atoms with van der Waals surface area (Å²) in [6.45, 7) is 3.83. The molecular weight excluding hydrogens is 363 g/mol. The Balaban J connectivity index is 1.59. The van der Waals surface area contributed by atoms with Crippen molar-refractivity contribution in [3.05, 3.63) is 52.0 Å². The quantitative estimate of drug-likeness (QED) is 0.758. The summed E-state index contributed by atoms with van der Waals surface area (Å²) in [6.07, 6.45) is -1.17. The van der Waals surface area contributed by atoms with Crippen LogP contribution in [0.1, 0.15) is 16.3 Å². The first-order valence-corrected chi connectivity index (χ1v) is 9.02. The number of thiazole rings is 1. The normalized spacial score (nSPS) is 15.7. The first-order valence-electron chi connectivity index (χ1n) is 8.14. The summed E-state index contributed by atoms with van der Waals surface area (Å²) in [5.74, 6) is -0.112. The number of hydrogen-bond acceptors (Lipinski definition) is 4. The van der Waals surface area contributed by atoms with Gasteiger partial charge in [-0.2, -0.15) is 13.2 Å². The third-order valence-electron chi connectivity index (χ3n) is 4.16. The van der Waals surface area contributed by atoms with Crippen LogP contribution in [0.25, 0.3) is 6.08 Å². The van der Waals surface area contributed by atoms with E-state index in [0.29, 0.717) is 31.9 Å². The van der Waals surface area contributed by atoms with E-state index >= 15 is 0 Å². The molecule has 1 fully saturated rings. The van der Waals surface area contributed by atoms with Gasteiger partial charge in [-0.15, -0.1) is 11.3 Å². The summed E-state index contributed by atoms with van der Waals surface area (Å²) >= 11 is 1.52. The summed E-state index contributed by atoms with van der Waals surface area (Å²) in [7, 11) is 0. The van der Waals surface area contributed by atoms with Gasteiger partial charge in [0, 0.05) is 43.3 Å². The van der Waals surface area contributed by atoms with Crippen molar-refractivity contribution in [2.45, 2.75) is 13.1 Å². The molecule has 2 heterocycles. The second kappa shape index (κ2) is 7.49. The molecule has 3 rings (SSSR count). The molecule has 0 atom stereocenters. The number of rotatable bonds is 3. The largest absolute Gasteiger partial charge is 0.416 e. The molecule has 8 heteroatoms. The Kier molecular flexibility index (Phi) is 5.31. The molecule has 4 nitrogen and oxygen atoms in total. The third-order valence-corrected chi connectivity index (χ3v) is 4.96. The molecule has 0 unspecified atom stereocenters. The first kappa shape index (κ1) is 18.4. The van der Waals surface area contributed by atoms with E-state index in [0.717, 1.165) is 22.8 Å². The number of anilines is 1. The van der Waals surface area contributed by atoms with Crippen LogP contribution in [-0.2, 0) is 11.0 Å². The average molecular weight is 381 g/mol. The molecule has 2 aromatic rings. The highest BCUT2D eigenvalue weighted by Gasteiger charge is 2.31. The fraction of sp³-hybridized carbons (Fsp3) is 0.333. The van der Waals surface area contributed by atoms with Crippen molar-refractivity contribution < 1.29 is 18.0 Å². The van der Waals surface area contributed by atoms with E-state index in [1.807, 2.05) is 17.2 Å². The summed E-state index contributed by atoms with van der Waals surface area (Å²) in [6, 6.07) is 5.29. The minimum Gasteiger partial charge on any atom is -0.368 e. The fourth-order valence-electron chi connectivity index (χ4n) is 2.78. The van der Waals surface area contributed by atoms with Crippen LogP contribution in [0.15, 0.2) is 35.7 Å². The number of halogens is 3. The Morgan fingerprint density at radius 1 is 1.23 bits per heavy atom. The van der Waals surface area contributed by atoms with Gasteiger partial charge in [-0.3, -0.25) is 4.79 Å². The lowest BCUT2D eigenvalue weighted by Crippen LogP contribution is -2.48. The zero-order chi connectivity index (χ0) is 18.7. The van der Waals surface area contributed by atoms with Crippen molar-refractivity contribution in [1.82, 2.24) is 9.88 Å². The van der Waals surface area contributed by atoms with E-state index in [-0.39, 0.29) is 5.91 Å². The molecule has 1 aliphatic heterocycles. The highest BCUT2D eigenvalue weighted by atomic mass is 32.1.